The molecule has 1 amide bonds. The minimum atomic E-state index is -0.820. The van der Waals surface area contributed by atoms with Gasteiger partial charge in [0, 0.05) is 4.47 Å². The maximum Gasteiger partial charge on any atom is 0.237 e. The second-order valence-electron chi connectivity index (χ2n) is 4.49. The molecule has 1 aromatic carbocycles. The number of hydrogen-bond donors (Lipinski definition) is 2. The van der Waals surface area contributed by atoms with Gasteiger partial charge >= 0.3 is 0 Å². The Balaban J connectivity index is 2.97. The summed E-state index contributed by atoms with van der Waals surface area (Å²) in [5.74, 6) is -0.179. The highest BCUT2D eigenvalue weighted by Crippen LogP contribution is 2.28. The van der Waals surface area contributed by atoms with Crippen molar-refractivity contribution in [1.82, 2.24) is 0 Å². The molecule has 0 spiro atoms. The lowest BCUT2D eigenvalue weighted by atomic mass is 9.86. The SMILES string of the molecule is CCC(C)(C(=O)Nc1ccc(C)cc1Br)C(N)=S. The van der Waals surface area contributed by atoms with Gasteiger partial charge in [-0.3, -0.25) is 4.79 Å². The van der Waals surface area contributed by atoms with Gasteiger partial charge in [0.1, 0.15) is 0 Å². The van der Waals surface area contributed by atoms with Gasteiger partial charge in [-0.2, -0.15) is 0 Å². The second-order valence-corrected chi connectivity index (χ2v) is 5.78. The molecule has 0 aliphatic carbocycles. The summed E-state index contributed by atoms with van der Waals surface area (Å²) in [6.45, 7) is 5.64. The first-order chi connectivity index (χ1) is 8.31. The van der Waals surface area contributed by atoms with E-state index in [1.807, 2.05) is 32.0 Å². The summed E-state index contributed by atoms with van der Waals surface area (Å²) in [5.41, 5.74) is 6.68. The van der Waals surface area contributed by atoms with Crippen molar-refractivity contribution in [2.45, 2.75) is 27.2 Å². The molecule has 0 saturated carbocycles. The number of nitrogens with one attached hydrogen (secondary N) is 1. The van der Waals surface area contributed by atoms with E-state index in [1.54, 1.807) is 6.92 Å². The Bertz CT molecular complexity index is 490. The molecule has 0 aromatic heterocycles. The zero-order valence-electron chi connectivity index (χ0n) is 10.7. The molecule has 1 unspecified atom stereocenters. The molecular formula is C13H17BrN2OS. The molecule has 0 heterocycles. The number of thiocarbonyl (C=S) groups is 1. The van der Waals surface area contributed by atoms with Crippen LogP contribution in [0, 0.1) is 12.3 Å². The topological polar surface area (TPSA) is 55.1 Å². The van der Waals surface area contributed by atoms with Crippen molar-refractivity contribution < 1.29 is 4.79 Å². The molecule has 18 heavy (non-hydrogen) atoms. The summed E-state index contributed by atoms with van der Waals surface area (Å²) >= 11 is 8.40. The molecule has 0 bridgehead atoms. The Hall–Kier alpha value is -0.940. The van der Waals surface area contributed by atoms with Gasteiger partial charge in [0.2, 0.25) is 5.91 Å². The van der Waals surface area contributed by atoms with Crippen molar-refractivity contribution in [2.75, 3.05) is 5.32 Å². The molecular weight excluding hydrogens is 312 g/mol. The number of carbonyl (C=O) groups is 1. The first-order valence-corrected chi connectivity index (χ1v) is 6.89. The molecule has 1 aromatic rings. The smallest absolute Gasteiger partial charge is 0.237 e. The summed E-state index contributed by atoms with van der Waals surface area (Å²) in [6, 6.07) is 5.73. The van der Waals surface area contributed by atoms with Crippen LogP contribution in [-0.2, 0) is 4.79 Å². The largest absolute Gasteiger partial charge is 0.392 e. The van der Waals surface area contributed by atoms with Crippen LogP contribution in [0.4, 0.5) is 5.69 Å². The van der Waals surface area contributed by atoms with E-state index in [-0.39, 0.29) is 10.9 Å². The highest BCUT2D eigenvalue weighted by Gasteiger charge is 2.34. The van der Waals surface area contributed by atoms with Crippen LogP contribution >= 0.6 is 28.1 Å². The number of rotatable bonds is 4. The van der Waals surface area contributed by atoms with Gasteiger partial charge in [-0.05, 0) is 53.9 Å². The molecule has 0 aliphatic heterocycles. The van der Waals surface area contributed by atoms with Crippen molar-refractivity contribution >= 4 is 44.7 Å². The predicted octanol–water partition coefficient (Wildman–Crippen LogP) is 3.40. The van der Waals surface area contributed by atoms with Crippen molar-refractivity contribution in [1.29, 1.82) is 0 Å². The van der Waals surface area contributed by atoms with E-state index < -0.39 is 5.41 Å². The average Bonchev–Trinajstić information content (AvgIpc) is 2.31. The van der Waals surface area contributed by atoms with Gasteiger partial charge in [0.25, 0.3) is 0 Å². The maximum absolute atomic E-state index is 12.2. The summed E-state index contributed by atoms with van der Waals surface area (Å²) in [6.07, 6.45) is 0.567. The quantitative estimate of drug-likeness (QED) is 0.833. The first kappa shape index (κ1) is 15.1. The zero-order valence-corrected chi connectivity index (χ0v) is 13.1. The fourth-order valence-electron chi connectivity index (χ4n) is 1.43. The van der Waals surface area contributed by atoms with Gasteiger partial charge < -0.3 is 11.1 Å². The predicted molar refractivity (Wildman–Crippen MR) is 82.7 cm³/mol. The van der Waals surface area contributed by atoms with Crippen LogP contribution in [0.3, 0.4) is 0 Å². The highest BCUT2D eigenvalue weighted by atomic mass is 79.9. The highest BCUT2D eigenvalue weighted by molar-refractivity contribution is 9.10. The average molecular weight is 329 g/mol. The molecule has 0 radical (unpaired) electrons. The lowest BCUT2D eigenvalue weighted by Crippen LogP contribution is -2.43. The summed E-state index contributed by atoms with van der Waals surface area (Å²) in [4.78, 5) is 12.5. The second kappa shape index (κ2) is 5.80. The van der Waals surface area contributed by atoms with Crippen LogP contribution < -0.4 is 11.1 Å². The number of hydrogen-bond acceptors (Lipinski definition) is 2. The van der Waals surface area contributed by atoms with E-state index in [1.165, 1.54) is 0 Å². The molecule has 1 atom stereocenters. The van der Waals surface area contributed by atoms with Crippen LogP contribution in [0.1, 0.15) is 25.8 Å². The molecule has 0 fully saturated rings. The summed E-state index contributed by atoms with van der Waals surface area (Å²) in [5, 5.41) is 2.86. The molecule has 1 rings (SSSR count). The van der Waals surface area contributed by atoms with Crippen LogP contribution in [0.5, 0.6) is 0 Å². The van der Waals surface area contributed by atoms with Gasteiger partial charge in [0.05, 0.1) is 16.1 Å². The van der Waals surface area contributed by atoms with Crippen molar-refractivity contribution in [3.63, 3.8) is 0 Å². The van der Waals surface area contributed by atoms with Gasteiger partial charge in [-0.15, -0.1) is 0 Å². The van der Waals surface area contributed by atoms with Crippen LogP contribution in [0.15, 0.2) is 22.7 Å². The third-order valence-electron chi connectivity index (χ3n) is 3.12. The van der Waals surface area contributed by atoms with Crippen molar-refractivity contribution in [3.8, 4) is 0 Å². The number of aryl methyl sites for hydroxylation is 1. The standard InChI is InChI=1S/C13H17BrN2OS/c1-4-13(3,11(15)18)12(17)16-10-6-5-8(2)7-9(10)14/h5-7H,4H2,1-3H3,(H2,15,18)(H,16,17). The number of anilines is 1. The van der Waals surface area contributed by atoms with E-state index in [0.717, 1.165) is 15.7 Å². The fourth-order valence-corrected chi connectivity index (χ4v) is 2.26. The number of carbonyl (C=O) groups excluding carboxylic acids is 1. The minimum absolute atomic E-state index is 0.179. The zero-order chi connectivity index (χ0) is 13.9. The number of amides is 1. The Kier molecular flexibility index (Phi) is 4.87. The summed E-state index contributed by atoms with van der Waals surface area (Å²) in [7, 11) is 0. The molecule has 98 valence electrons. The van der Waals surface area contributed by atoms with E-state index in [4.69, 9.17) is 18.0 Å². The number of benzene rings is 1. The Labute approximate surface area is 121 Å². The summed E-state index contributed by atoms with van der Waals surface area (Å²) < 4.78 is 0.845. The fraction of sp³-hybridized carbons (Fsp3) is 0.385. The Morgan fingerprint density at radius 3 is 2.61 bits per heavy atom. The van der Waals surface area contributed by atoms with Crippen molar-refractivity contribution in [3.05, 3.63) is 28.2 Å². The van der Waals surface area contributed by atoms with E-state index >= 15 is 0 Å². The molecule has 0 aliphatic rings. The molecule has 3 nitrogen and oxygen atoms in total. The molecule has 0 saturated heterocycles. The normalized spacial score (nSPS) is 13.8. The van der Waals surface area contributed by atoms with Crippen LogP contribution in [0.25, 0.3) is 0 Å². The van der Waals surface area contributed by atoms with E-state index in [0.29, 0.717) is 6.42 Å². The number of halogens is 1. The third-order valence-corrected chi connectivity index (χ3v) is 4.23. The maximum atomic E-state index is 12.2. The van der Waals surface area contributed by atoms with Gasteiger partial charge in [-0.1, -0.05) is 25.2 Å². The Morgan fingerprint density at radius 1 is 1.56 bits per heavy atom. The minimum Gasteiger partial charge on any atom is -0.392 e. The first-order valence-electron chi connectivity index (χ1n) is 5.68. The lowest BCUT2D eigenvalue weighted by Gasteiger charge is -2.25. The monoisotopic (exact) mass is 328 g/mol. The molecule has 3 N–H and O–H groups in total. The van der Waals surface area contributed by atoms with Crippen LogP contribution in [0.2, 0.25) is 0 Å². The Morgan fingerprint density at radius 2 is 2.17 bits per heavy atom. The van der Waals surface area contributed by atoms with Gasteiger partial charge in [-0.25, -0.2) is 0 Å². The van der Waals surface area contributed by atoms with Crippen LogP contribution in [-0.4, -0.2) is 10.9 Å². The van der Waals surface area contributed by atoms with E-state index in [2.05, 4.69) is 21.2 Å². The van der Waals surface area contributed by atoms with E-state index in [9.17, 15) is 4.79 Å². The molecule has 5 heteroatoms. The van der Waals surface area contributed by atoms with Crippen molar-refractivity contribution in [2.24, 2.45) is 11.1 Å². The third kappa shape index (κ3) is 3.09. The lowest BCUT2D eigenvalue weighted by molar-refractivity contribution is -0.121. The van der Waals surface area contributed by atoms with Gasteiger partial charge in [0.15, 0.2) is 0 Å². The number of nitrogens with two attached hydrogens (primary N) is 1.